The molecular weight excluding hydrogens is 366 g/mol. The lowest BCUT2D eigenvalue weighted by Gasteiger charge is -2.25. The first-order valence-electron chi connectivity index (χ1n) is 9.39. The maximum Gasteiger partial charge on any atom is 0.253 e. The topological polar surface area (TPSA) is 42.0 Å². The third kappa shape index (κ3) is 4.15. The van der Waals surface area contributed by atoms with Gasteiger partial charge in [-0.25, -0.2) is 8.78 Å². The van der Waals surface area contributed by atoms with Crippen LogP contribution in [0.1, 0.15) is 27.9 Å². The monoisotopic (exact) mass is 388 g/mol. The predicted molar refractivity (Wildman–Crippen MR) is 98.9 cm³/mol. The van der Waals surface area contributed by atoms with Crippen molar-refractivity contribution in [1.82, 2.24) is 9.80 Å². The highest BCUT2D eigenvalue weighted by Gasteiger charge is 2.23. The normalized spacial score (nSPS) is 17.6. The predicted octanol–water partition coefficient (Wildman–Crippen LogP) is 3.18. The van der Waals surface area contributed by atoms with Crippen molar-refractivity contribution >= 4 is 5.91 Å². The zero-order chi connectivity index (χ0) is 19.5. The van der Waals surface area contributed by atoms with Gasteiger partial charge in [-0.05, 0) is 42.8 Å². The van der Waals surface area contributed by atoms with Gasteiger partial charge in [-0.15, -0.1) is 0 Å². The van der Waals surface area contributed by atoms with Gasteiger partial charge in [0.05, 0.1) is 6.61 Å². The van der Waals surface area contributed by atoms with Crippen LogP contribution in [-0.2, 0) is 17.9 Å². The zero-order valence-corrected chi connectivity index (χ0v) is 15.5. The van der Waals surface area contributed by atoms with Crippen molar-refractivity contribution in [2.45, 2.75) is 19.6 Å². The molecule has 2 aromatic carbocycles. The fourth-order valence-corrected chi connectivity index (χ4v) is 3.72. The van der Waals surface area contributed by atoms with Crippen molar-refractivity contribution in [3.63, 3.8) is 0 Å². The van der Waals surface area contributed by atoms with E-state index in [1.165, 1.54) is 36.4 Å². The number of hydrogen-bond donors (Lipinski definition) is 0. The van der Waals surface area contributed by atoms with E-state index < -0.39 is 0 Å². The number of rotatable bonds is 3. The minimum absolute atomic E-state index is 0.0922. The van der Waals surface area contributed by atoms with E-state index in [0.717, 1.165) is 24.1 Å². The van der Waals surface area contributed by atoms with E-state index in [2.05, 4.69) is 4.90 Å². The van der Waals surface area contributed by atoms with Gasteiger partial charge in [-0.1, -0.05) is 0 Å². The van der Waals surface area contributed by atoms with Crippen LogP contribution in [0.25, 0.3) is 0 Å². The molecule has 2 aliphatic rings. The lowest BCUT2D eigenvalue weighted by atomic mass is 10.1. The van der Waals surface area contributed by atoms with Crippen molar-refractivity contribution < 1.29 is 23.0 Å². The van der Waals surface area contributed by atoms with Crippen LogP contribution in [0.2, 0.25) is 0 Å². The first-order chi connectivity index (χ1) is 13.6. The second kappa shape index (κ2) is 8.24. The molecule has 7 heteroatoms. The van der Waals surface area contributed by atoms with E-state index in [4.69, 9.17) is 9.47 Å². The number of hydrogen-bond acceptors (Lipinski definition) is 4. The summed E-state index contributed by atoms with van der Waals surface area (Å²) < 4.78 is 37.9. The standard InChI is InChI=1S/C21H22F2N2O3/c22-18-4-2-15(3-5-18)21(26)25-7-1-6-24(8-9-25)12-16-10-19(23)11-17-13-27-14-28-20(16)17/h2-5,10-11H,1,6-9,12-14H2. The van der Waals surface area contributed by atoms with Crippen molar-refractivity contribution in [2.24, 2.45) is 0 Å². The summed E-state index contributed by atoms with van der Waals surface area (Å²) in [5.74, 6) is -0.0444. The molecule has 0 spiro atoms. The third-order valence-electron chi connectivity index (χ3n) is 5.11. The molecule has 0 saturated carbocycles. The number of ether oxygens (including phenoxy) is 2. The van der Waals surface area contributed by atoms with E-state index in [-0.39, 0.29) is 24.3 Å². The fourth-order valence-electron chi connectivity index (χ4n) is 3.72. The summed E-state index contributed by atoms with van der Waals surface area (Å²) in [7, 11) is 0. The highest BCUT2D eigenvalue weighted by molar-refractivity contribution is 5.94. The fraction of sp³-hybridized carbons (Fsp3) is 0.381. The van der Waals surface area contributed by atoms with Crippen LogP contribution in [0.4, 0.5) is 8.78 Å². The van der Waals surface area contributed by atoms with Crippen molar-refractivity contribution in [3.05, 3.63) is 64.7 Å². The molecule has 0 bridgehead atoms. The van der Waals surface area contributed by atoms with E-state index in [0.29, 0.717) is 44.1 Å². The molecule has 0 aromatic heterocycles. The molecule has 1 saturated heterocycles. The number of nitrogens with zero attached hydrogens (tertiary/aromatic N) is 2. The summed E-state index contributed by atoms with van der Waals surface area (Å²) in [4.78, 5) is 16.7. The Morgan fingerprint density at radius 3 is 2.64 bits per heavy atom. The van der Waals surface area contributed by atoms with Crippen molar-refractivity contribution in [1.29, 1.82) is 0 Å². The number of halogens is 2. The van der Waals surface area contributed by atoms with E-state index in [1.807, 2.05) is 0 Å². The molecule has 0 atom stereocenters. The summed E-state index contributed by atoms with van der Waals surface area (Å²) in [6, 6.07) is 8.58. The first kappa shape index (κ1) is 18.8. The Labute approximate surface area is 162 Å². The molecule has 1 amide bonds. The van der Waals surface area contributed by atoms with Crippen LogP contribution in [0.5, 0.6) is 5.75 Å². The van der Waals surface area contributed by atoms with Crippen LogP contribution in [0, 0.1) is 11.6 Å². The van der Waals surface area contributed by atoms with Gasteiger partial charge in [0.15, 0.2) is 6.79 Å². The molecule has 28 heavy (non-hydrogen) atoms. The Morgan fingerprint density at radius 1 is 1.00 bits per heavy atom. The highest BCUT2D eigenvalue weighted by atomic mass is 19.1. The van der Waals surface area contributed by atoms with Crippen LogP contribution < -0.4 is 4.74 Å². The zero-order valence-electron chi connectivity index (χ0n) is 15.5. The minimum atomic E-state index is -0.357. The average molecular weight is 388 g/mol. The van der Waals surface area contributed by atoms with Crippen molar-refractivity contribution in [3.8, 4) is 5.75 Å². The molecule has 0 radical (unpaired) electrons. The Balaban J connectivity index is 1.43. The minimum Gasteiger partial charge on any atom is -0.467 e. The summed E-state index contributed by atoms with van der Waals surface area (Å²) in [5.41, 5.74) is 2.02. The quantitative estimate of drug-likeness (QED) is 0.810. The summed E-state index contributed by atoms with van der Waals surface area (Å²) in [5, 5.41) is 0. The molecule has 0 aliphatic carbocycles. The highest BCUT2D eigenvalue weighted by Crippen LogP contribution is 2.30. The lowest BCUT2D eigenvalue weighted by molar-refractivity contribution is -0.0177. The summed E-state index contributed by atoms with van der Waals surface area (Å²) in [6.07, 6.45) is 0.814. The Kier molecular flexibility index (Phi) is 5.54. The molecule has 1 fully saturated rings. The van der Waals surface area contributed by atoms with Crippen LogP contribution in [-0.4, -0.2) is 48.7 Å². The Hall–Kier alpha value is -2.51. The van der Waals surface area contributed by atoms with Gasteiger partial charge in [0.25, 0.3) is 5.91 Å². The largest absolute Gasteiger partial charge is 0.467 e. The van der Waals surface area contributed by atoms with Gasteiger partial charge in [0.2, 0.25) is 0 Å². The first-order valence-corrected chi connectivity index (χ1v) is 9.39. The lowest BCUT2D eigenvalue weighted by Crippen LogP contribution is -2.35. The number of carbonyl (C=O) groups is 1. The van der Waals surface area contributed by atoms with Gasteiger partial charge in [0.1, 0.15) is 17.4 Å². The van der Waals surface area contributed by atoms with Gasteiger partial charge in [-0.2, -0.15) is 0 Å². The van der Waals surface area contributed by atoms with Crippen LogP contribution in [0.15, 0.2) is 36.4 Å². The molecule has 4 rings (SSSR count). The second-order valence-corrected chi connectivity index (χ2v) is 7.09. The molecule has 148 valence electrons. The van der Waals surface area contributed by atoms with Gasteiger partial charge < -0.3 is 14.4 Å². The molecule has 2 aromatic rings. The summed E-state index contributed by atoms with van der Waals surface area (Å²) in [6.45, 7) is 3.75. The van der Waals surface area contributed by atoms with E-state index in [1.54, 1.807) is 4.90 Å². The molecule has 0 N–H and O–H groups in total. The van der Waals surface area contributed by atoms with Gasteiger partial charge >= 0.3 is 0 Å². The SMILES string of the molecule is O=C(c1ccc(F)cc1)N1CCCN(Cc2cc(F)cc3c2OCOC3)CC1. The number of carbonyl (C=O) groups excluding carboxylic acids is 1. The Bertz CT molecular complexity index is 857. The van der Waals surface area contributed by atoms with Crippen LogP contribution in [0.3, 0.4) is 0 Å². The smallest absolute Gasteiger partial charge is 0.253 e. The molecule has 2 aliphatic heterocycles. The maximum absolute atomic E-state index is 14.0. The van der Waals surface area contributed by atoms with Crippen LogP contribution >= 0.6 is 0 Å². The van der Waals surface area contributed by atoms with Gasteiger partial charge in [0, 0.05) is 49.4 Å². The van der Waals surface area contributed by atoms with Crippen molar-refractivity contribution in [2.75, 3.05) is 33.0 Å². The molecular formula is C21H22F2N2O3. The number of fused-ring (bicyclic) bond motifs is 1. The average Bonchev–Trinajstić information content (AvgIpc) is 2.93. The summed E-state index contributed by atoms with van der Waals surface area (Å²) >= 11 is 0. The maximum atomic E-state index is 14.0. The number of amides is 1. The van der Waals surface area contributed by atoms with Gasteiger partial charge in [-0.3, -0.25) is 9.69 Å². The molecule has 5 nitrogen and oxygen atoms in total. The van der Waals surface area contributed by atoms with E-state index in [9.17, 15) is 13.6 Å². The van der Waals surface area contributed by atoms with E-state index >= 15 is 0 Å². The third-order valence-corrected chi connectivity index (χ3v) is 5.11. The molecule has 0 unspecified atom stereocenters. The Morgan fingerprint density at radius 2 is 1.82 bits per heavy atom. The molecule has 2 heterocycles. The number of benzene rings is 2. The second-order valence-electron chi connectivity index (χ2n) is 7.09.